The molecule has 2 saturated heterocycles. The van der Waals surface area contributed by atoms with E-state index in [0.717, 1.165) is 19.3 Å². The molecule has 2 aliphatic heterocycles. The van der Waals surface area contributed by atoms with Gasteiger partial charge in [-0.1, -0.05) is 6.92 Å². The Hall–Kier alpha value is -0.150. The lowest BCUT2D eigenvalue weighted by atomic mass is 9.78. The van der Waals surface area contributed by atoms with E-state index in [1.54, 1.807) is 7.11 Å². The number of halogens is 1. The van der Waals surface area contributed by atoms with Crippen LogP contribution in [-0.2, 0) is 4.74 Å². The van der Waals surface area contributed by atoms with E-state index in [-0.39, 0.29) is 5.92 Å². The van der Waals surface area contributed by atoms with Gasteiger partial charge in [0.15, 0.2) is 0 Å². The van der Waals surface area contributed by atoms with Crippen molar-refractivity contribution in [3.63, 3.8) is 0 Å². The summed E-state index contributed by atoms with van der Waals surface area (Å²) in [6.45, 7) is 2.71. The molecule has 2 nitrogen and oxygen atoms in total. The van der Waals surface area contributed by atoms with Crippen LogP contribution >= 0.6 is 0 Å². The average molecular weight is 215 g/mol. The quantitative estimate of drug-likeness (QED) is 0.777. The standard InChI is InChI=1S/C12H22FNO/c1-9(5-6-15-2)12(13)7-10-3-4-11(8-12)14-10/h9-11,14H,3-8H2,1-2H3. The van der Waals surface area contributed by atoms with Crippen LogP contribution in [0.1, 0.15) is 39.0 Å². The van der Waals surface area contributed by atoms with Crippen molar-refractivity contribution in [1.29, 1.82) is 0 Å². The molecule has 0 saturated carbocycles. The summed E-state index contributed by atoms with van der Waals surface area (Å²) in [5.74, 6) is 0.127. The van der Waals surface area contributed by atoms with Crippen molar-refractivity contribution in [3.05, 3.63) is 0 Å². The molecular weight excluding hydrogens is 193 g/mol. The number of alkyl halides is 1. The molecule has 15 heavy (non-hydrogen) atoms. The first-order valence-electron chi connectivity index (χ1n) is 6.08. The van der Waals surface area contributed by atoms with Crippen LogP contribution in [0.25, 0.3) is 0 Å². The van der Waals surface area contributed by atoms with Gasteiger partial charge in [-0.25, -0.2) is 4.39 Å². The van der Waals surface area contributed by atoms with Gasteiger partial charge in [0.25, 0.3) is 0 Å². The van der Waals surface area contributed by atoms with Gasteiger partial charge in [0.05, 0.1) is 0 Å². The Kier molecular flexibility index (Phi) is 3.31. The molecule has 0 amide bonds. The number of nitrogens with one attached hydrogen (secondary N) is 1. The zero-order valence-corrected chi connectivity index (χ0v) is 9.76. The Labute approximate surface area is 91.6 Å². The fraction of sp³-hybridized carbons (Fsp3) is 1.00. The third-order valence-electron chi connectivity index (χ3n) is 4.14. The van der Waals surface area contributed by atoms with Gasteiger partial charge in [-0.2, -0.15) is 0 Å². The minimum atomic E-state index is -0.949. The minimum absolute atomic E-state index is 0.127. The zero-order valence-electron chi connectivity index (χ0n) is 9.76. The van der Waals surface area contributed by atoms with Crippen LogP contribution in [-0.4, -0.2) is 31.5 Å². The van der Waals surface area contributed by atoms with Crippen LogP contribution in [0, 0.1) is 5.92 Å². The molecule has 0 aliphatic carbocycles. The Bertz CT molecular complexity index is 210. The van der Waals surface area contributed by atoms with Crippen LogP contribution in [0.5, 0.6) is 0 Å². The number of hydrogen-bond acceptors (Lipinski definition) is 2. The lowest BCUT2D eigenvalue weighted by molar-refractivity contribution is 0.0185. The molecule has 0 aromatic carbocycles. The normalized spacial score (nSPS) is 41.8. The summed E-state index contributed by atoms with van der Waals surface area (Å²) >= 11 is 0. The van der Waals surface area contributed by atoms with Crippen LogP contribution in [0.2, 0.25) is 0 Å². The van der Waals surface area contributed by atoms with Crippen molar-refractivity contribution in [1.82, 2.24) is 5.32 Å². The topological polar surface area (TPSA) is 21.3 Å². The van der Waals surface area contributed by atoms with Gasteiger partial charge in [-0.05, 0) is 38.0 Å². The van der Waals surface area contributed by atoms with Crippen molar-refractivity contribution in [2.24, 2.45) is 5.92 Å². The molecule has 0 spiro atoms. The summed E-state index contributed by atoms with van der Waals surface area (Å²) < 4.78 is 19.8. The highest BCUT2D eigenvalue weighted by molar-refractivity contribution is 5.02. The third-order valence-corrected chi connectivity index (χ3v) is 4.14. The first-order chi connectivity index (χ1) is 7.14. The van der Waals surface area contributed by atoms with Gasteiger partial charge in [0, 0.05) is 25.8 Å². The smallest absolute Gasteiger partial charge is 0.116 e. The van der Waals surface area contributed by atoms with E-state index in [2.05, 4.69) is 5.32 Å². The van der Waals surface area contributed by atoms with Crippen molar-refractivity contribution in [2.45, 2.75) is 56.8 Å². The molecule has 3 heteroatoms. The zero-order chi connectivity index (χ0) is 10.9. The van der Waals surface area contributed by atoms with E-state index < -0.39 is 5.67 Å². The van der Waals surface area contributed by atoms with Crippen molar-refractivity contribution in [2.75, 3.05) is 13.7 Å². The summed E-state index contributed by atoms with van der Waals surface area (Å²) in [6.07, 6.45) is 4.57. The van der Waals surface area contributed by atoms with E-state index in [0.29, 0.717) is 31.5 Å². The summed E-state index contributed by atoms with van der Waals surface area (Å²) in [4.78, 5) is 0. The second-order valence-electron chi connectivity index (χ2n) is 5.26. The second kappa shape index (κ2) is 4.38. The number of rotatable bonds is 4. The minimum Gasteiger partial charge on any atom is -0.385 e. The molecule has 2 fully saturated rings. The van der Waals surface area contributed by atoms with Crippen LogP contribution in [0.3, 0.4) is 0 Å². The van der Waals surface area contributed by atoms with E-state index in [1.165, 1.54) is 0 Å². The highest BCUT2D eigenvalue weighted by Crippen LogP contribution is 2.42. The van der Waals surface area contributed by atoms with Crippen molar-refractivity contribution in [3.8, 4) is 0 Å². The SMILES string of the molecule is COCCC(C)C1(F)CC2CCC(C1)N2. The van der Waals surface area contributed by atoms with Gasteiger partial charge in [0.1, 0.15) is 5.67 Å². The molecule has 3 unspecified atom stereocenters. The highest BCUT2D eigenvalue weighted by Gasteiger charge is 2.46. The summed E-state index contributed by atoms with van der Waals surface area (Å²) in [7, 11) is 1.68. The fourth-order valence-corrected chi connectivity index (χ4v) is 3.08. The maximum Gasteiger partial charge on any atom is 0.116 e. The number of hydrogen-bond donors (Lipinski definition) is 1. The Morgan fingerprint density at radius 3 is 2.53 bits per heavy atom. The van der Waals surface area contributed by atoms with Crippen LogP contribution in [0.4, 0.5) is 4.39 Å². The average Bonchev–Trinajstić information content (AvgIpc) is 2.55. The lowest BCUT2D eigenvalue weighted by Crippen LogP contribution is -2.49. The molecule has 2 bridgehead atoms. The second-order valence-corrected chi connectivity index (χ2v) is 5.26. The fourth-order valence-electron chi connectivity index (χ4n) is 3.08. The molecule has 2 rings (SSSR count). The van der Waals surface area contributed by atoms with E-state index in [9.17, 15) is 4.39 Å². The maximum absolute atomic E-state index is 14.7. The van der Waals surface area contributed by atoms with Gasteiger partial charge >= 0.3 is 0 Å². The Balaban J connectivity index is 1.94. The Morgan fingerprint density at radius 2 is 2.00 bits per heavy atom. The predicted octanol–water partition coefficient (Wildman–Crippen LogP) is 2.28. The van der Waals surface area contributed by atoms with E-state index in [4.69, 9.17) is 4.74 Å². The monoisotopic (exact) mass is 215 g/mol. The number of methoxy groups -OCH3 is 1. The lowest BCUT2D eigenvalue weighted by Gasteiger charge is -2.39. The van der Waals surface area contributed by atoms with Crippen LogP contribution < -0.4 is 5.32 Å². The summed E-state index contributed by atoms with van der Waals surface area (Å²) in [6, 6.07) is 0.859. The molecule has 3 atom stereocenters. The molecule has 0 aromatic rings. The number of ether oxygens (including phenoxy) is 1. The van der Waals surface area contributed by atoms with Gasteiger partial charge < -0.3 is 10.1 Å². The van der Waals surface area contributed by atoms with Crippen LogP contribution in [0.15, 0.2) is 0 Å². The first-order valence-corrected chi connectivity index (χ1v) is 6.08. The molecule has 2 aliphatic rings. The molecule has 88 valence electrons. The van der Waals surface area contributed by atoms with Gasteiger partial charge in [-0.3, -0.25) is 0 Å². The third kappa shape index (κ3) is 2.34. The summed E-state index contributed by atoms with van der Waals surface area (Å²) in [5.41, 5.74) is -0.949. The Morgan fingerprint density at radius 1 is 1.40 bits per heavy atom. The van der Waals surface area contributed by atoms with E-state index >= 15 is 0 Å². The molecular formula is C12H22FNO. The van der Waals surface area contributed by atoms with E-state index in [1.807, 2.05) is 6.92 Å². The first kappa shape index (κ1) is 11.3. The maximum atomic E-state index is 14.7. The summed E-state index contributed by atoms with van der Waals surface area (Å²) in [5, 5.41) is 3.49. The molecule has 1 N–H and O–H groups in total. The molecule has 0 aromatic heterocycles. The number of piperidine rings is 1. The van der Waals surface area contributed by atoms with Gasteiger partial charge in [0.2, 0.25) is 0 Å². The molecule has 2 heterocycles. The number of fused-ring (bicyclic) bond motifs is 2. The van der Waals surface area contributed by atoms with Crippen molar-refractivity contribution < 1.29 is 9.13 Å². The largest absolute Gasteiger partial charge is 0.385 e. The molecule has 0 radical (unpaired) electrons. The highest BCUT2D eigenvalue weighted by atomic mass is 19.1. The predicted molar refractivity (Wildman–Crippen MR) is 58.7 cm³/mol. The van der Waals surface area contributed by atoms with Gasteiger partial charge in [-0.15, -0.1) is 0 Å². The van der Waals surface area contributed by atoms with Crippen molar-refractivity contribution >= 4 is 0 Å².